The van der Waals surface area contributed by atoms with Crippen molar-refractivity contribution in [3.05, 3.63) is 20.7 Å². The van der Waals surface area contributed by atoms with Gasteiger partial charge in [-0.3, -0.25) is 9.59 Å². The number of nitrogens with one attached hydrogen (secondary N) is 2. The minimum absolute atomic E-state index is 0.174. The zero-order chi connectivity index (χ0) is 12.8. The van der Waals surface area contributed by atoms with Gasteiger partial charge in [0.25, 0.3) is 0 Å². The Morgan fingerprint density at radius 3 is 2.76 bits per heavy atom. The number of aliphatic carboxylic acids is 1. The summed E-state index contributed by atoms with van der Waals surface area (Å²) in [6.07, 6.45) is 0. The van der Waals surface area contributed by atoms with E-state index in [4.69, 9.17) is 5.11 Å². The number of aromatic amines is 1. The van der Waals surface area contributed by atoms with Crippen LogP contribution in [0, 0.1) is 0 Å². The molecule has 3 N–H and O–H groups in total. The summed E-state index contributed by atoms with van der Waals surface area (Å²) in [7, 11) is 0. The Kier molecular flexibility index (Phi) is 4.70. The van der Waals surface area contributed by atoms with Crippen LogP contribution in [0.3, 0.4) is 0 Å². The van der Waals surface area contributed by atoms with E-state index >= 15 is 0 Å². The van der Waals surface area contributed by atoms with Gasteiger partial charge in [0, 0.05) is 17.6 Å². The predicted molar refractivity (Wildman–Crippen MR) is 62.1 cm³/mol. The minimum Gasteiger partial charge on any atom is -0.480 e. The monoisotopic (exact) mass is 259 g/mol. The number of carboxylic acid groups (broad SMARTS) is 1. The Hall–Kier alpha value is -1.83. The van der Waals surface area contributed by atoms with Crippen LogP contribution in [0.4, 0.5) is 4.79 Å². The number of amides is 2. The molecule has 0 saturated heterocycles. The normalized spacial score (nSPS) is 9.94. The first-order valence-corrected chi connectivity index (χ1v) is 5.82. The van der Waals surface area contributed by atoms with Crippen LogP contribution in [0.25, 0.3) is 0 Å². The molecule has 0 atom stereocenters. The number of likely N-dealkylation sites (N-methyl/N-ethyl adjacent to an activating group) is 1. The number of hydrogen-bond acceptors (Lipinski definition) is 4. The van der Waals surface area contributed by atoms with Crippen molar-refractivity contribution in [3.8, 4) is 0 Å². The number of urea groups is 1. The van der Waals surface area contributed by atoms with Crippen molar-refractivity contribution in [2.75, 3.05) is 13.1 Å². The third-order valence-corrected chi connectivity index (χ3v) is 2.71. The van der Waals surface area contributed by atoms with Crippen molar-refractivity contribution in [1.82, 2.24) is 15.2 Å². The standard InChI is InChI=1S/C9H13N3O4S/c1-2-12(4-7(13)14)8(15)10-3-6-5-17-9(16)11-6/h5H,2-4H2,1H3,(H,10,15)(H,11,16)(H,13,14). The lowest BCUT2D eigenvalue weighted by Gasteiger charge is -2.18. The Morgan fingerprint density at radius 2 is 2.29 bits per heavy atom. The van der Waals surface area contributed by atoms with Crippen LogP contribution in [0.15, 0.2) is 10.2 Å². The number of hydrogen-bond donors (Lipinski definition) is 3. The average Bonchev–Trinajstić information content (AvgIpc) is 2.68. The molecule has 0 saturated carbocycles. The number of carboxylic acids is 1. The topological polar surface area (TPSA) is 102 Å². The molecule has 0 fully saturated rings. The SMILES string of the molecule is CCN(CC(=O)O)C(=O)NCc1csc(=O)[nH]1. The van der Waals surface area contributed by atoms with Gasteiger partial charge in [0.1, 0.15) is 6.54 Å². The molecule has 1 aromatic heterocycles. The lowest BCUT2D eigenvalue weighted by Crippen LogP contribution is -2.42. The Labute approximate surface area is 101 Å². The van der Waals surface area contributed by atoms with Crippen molar-refractivity contribution >= 4 is 23.3 Å². The van der Waals surface area contributed by atoms with Gasteiger partial charge in [-0.05, 0) is 6.92 Å². The fourth-order valence-electron chi connectivity index (χ4n) is 1.17. The van der Waals surface area contributed by atoms with Gasteiger partial charge in [0.15, 0.2) is 0 Å². The number of aromatic nitrogens is 1. The summed E-state index contributed by atoms with van der Waals surface area (Å²) in [5.41, 5.74) is 0.597. The molecule has 0 radical (unpaired) electrons. The fourth-order valence-corrected chi connectivity index (χ4v) is 1.76. The molecule has 94 valence electrons. The van der Waals surface area contributed by atoms with Gasteiger partial charge >= 0.3 is 16.9 Å². The molecular weight excluding hydrogens is 246 g/mol. The largest absolute Gasteiger partial charge is 0.480 e. The zero-order valence-electron chi connectivity index (χ0n) is 9.23. The lowest BCUT2D eigenvalue weighted by atomic mass is 10.4. The third-order valence-electron chi connectivity index (χ3n) is 2.00. The smallest absolute Gasteiger partial charge is 0.323 e. The first-order chi connectivity index (χ1) is 8.02. The maximum Gasteiger partial charge on any atom is 0.323 e. The van der Waals surface area contributed by atoms with Gasteiger partial charge < -0.3 is 20.3 Å². The van der Waals surface area contributed by atoms with E-state index in [0.29, 0.717) is 12.2 Å². The number of nitrogens with zero attached hydrogens (tertiary/aromatic N) is 1. The second-order valence-corrected chi connectivity index (χ2v) is 4.08. The molecule has 0 aliphatic rings. The maximum absolute atomic E-state index is 11.6. The molecular formula is C9H13N3O4S. The number of thiazole rings is 1. The van der Waals surface area contributed by atoms with Gasteiger partial charge in [0.2, 0.25) is 0 Å². The van der Waals surface area contributed by atoms with Crippen molar-refractivity contribution in [2.24, 2.45) is 0 Å². The van der Waals surface area contributed by atoms with Gasteiger partial charge in [-0.15, -0.1) is 0 Å². The Balaban J connectivity index is 2.47. The number of H-pyrrole nitrogens is 1. The molecule has 0 bridgehead atoms. The highest BCUT2D eigenvalue weighted by Gasteiger charge is 2.14. The third kappa shape index (κ3) is 4.27. The first kappa shape index (κ1) is 13.2. The zero-order valence-corrected chi connectivity index (χ0v) is 10.0. The molecule has 17 heavy (non-hydrogen) atoms. The molecule has 2 amide bonds. The van der Waals surface area contributed by atoms with Gasteiger partial charge in [-0.25, -0.2) is 4.79 Å². The van der Waals surface area contributed by atoms with Gasteiger partial charge in [0.05, 0.1) is 6.54 Å². The van der Waals surface area contributed by atoms with E-state index in [1.807, 2.05) is 0 Å². The van der Waals surface area contributed by atoms with Crippen molar-refractivity contribution < 1.29 is 14.7 Å². The molecule has 0 unspecified atom stereocenters. The summed E-state index contributed by atoms with van der Waals surface area (Å²) in [5, 5.41) is 12.7. The van der Waals surface area contributed by atoms with Gasteiger partial charge in [-0.2, -0.15) is 0 Å². The van der Waals surface area contributed by atoms with Crippen LogP contribution in [0.1, 0.15) is 12.6 Å². The summed E-state index contributed by atoms with van der Waals surface area (Å²) in [5.74, 6) is -1.06. The van der Waals surface area contributed by atoms with Crippen molar-refractivity contribution in [1.29, 1.82) is 0 Å². The first-order valence-electron chi connectivity index (χ1n) is 4.94. The summed E-state index contributed by atoms with van der Waals surface area (Å²) in [6.45, 7) is 1.82. The molecule has 7 nitrogen and oxygen atoms in total. The highest BCUT2D eigenvalue weighted by molar-refractivity contribution is 7.07. The molecule has 1 rings (SSSR count). The van der Waals surface area contributed by atoms with E-state index in [2.05, 4.69) is 10.3 Å². The molecule has 1 aromatic rings. The van der Waals surface area contributed by atoms with E-state index in [1.165, 1.54) is 0 Å². The maximum atomic E-state index is 11.6. The number of carbonyl (C=O) groups excluding carboxylic acids is 1. The second kappa shape index (κ2) is 6.04. The highest BCUT2D eigenvalue weighted by Crippen LogP contribution is 1.96. The van der Waals surface area contributed by atoms with Crippen LogP contribution >= 0.6 is 11.3 Å². The summed E-state index contributed by atoms with van der Waals surface area (Å²) in [6, 6.07) is -0.470. The molecule has 1 heterocycles. The Bertz CT molecular complexity index is 453. The molecule has 0 aliphatic carbocycles. The molecule has 0 spiro atoms. The lowest BCUT2D eigenvalue weighted by molar-refractivity contribution is -0.137. The minimum atomic E-state index is -1.06. The predicted octanol–water partition coefficient (Wildman–Crippen LogP) is 0.0525. The average molecular weight is 259 g/mol. The highest BCUT2D eigenvalue weighted by atomic mass is 32.1. The molecule has 0 aromatic carbocycles. The molecule has 0 aliphatic heterocycles. The quantitative estimate of drug-likeness (QED) is 0.695. The number of rotatable bonds is 5. The van der Waals surface area contributed by atoms with E-state index in [-0.39, 0.29) is 18.0 Å². The van der Waals surface area contributed by atoms with Crippen LogP contribution in [-0.2, 0) is 11.3 Å². The van der Waals surface area contributed by atoms with E-state index < -0.39 is 12.0 Å². The van der Waals surface area contributed by atoms with Crippen molar-refractivity contribution in [2.45, 2.75) is 13.5 Å². The number of carbonyl (C=O) groups is 2. The van der Waals surface area contributed by atoms with E-state index in [0.717, 1.165) is 16.2 Å². The van der Waals surface area contributed by atoms with Gasteiger partial charge in [-0.1, -0.05) is 11.3 Å². The van der Waals surface area contributed by atoms with Crippen LogP contribution < -0.4 is 10.2 Å². The van der Waals surface area contributed by atoms with Crippen LogP contribution in [0.5, 0.6) is 0 Å². The van der Waals surface area contributed by atoms with Crippen LogP contribution in [0.2, 0.25) is 0 Å². The second-order valence-electron chi connectivity index (χ2n) is 3.24. The van der Waals surface area contributed by atoms with E-state index in [1.54, 1.807) is 12.3 Å². The fraction of sp³-hybridized carbons (Fsp3) is 0.444. The summed E-state index contributed by atoms with van der Waals surface area (Å²) in [4.78, 5) is 36.4. The summed E-state index contributed by atoms with van der Waals surface area (Å²) < 4.78 is 0. The van der Waals surface area contributed by atoms with E-state index in [9.17, 15) is 14.4 Å². The Morgan fingerprint density at radius 1 is 1.59 bits per heavy atom. The summed E-state index contributed by atoms with van der Waals surface area (Å²) >= 11 is 1.01. The van der Waals surface area contributed by atoms with Crippen molar-refractivity contribution in [3.63, 3.8) is 0 Å². The van der Waals surface area contributed by atoms with Crippen LogP contribution in [-0.4, -0.2) is 40.1 Å². The molecule has 8 heteroatoms.